The second kappa shape index (κ2) is 8.14. The summed E-state index contributed by atoms with van der Waals surface area (Å²) >= 11 is 0. The van der Waals surface area contributed by atoms with Gasteiger partial charge in [0.1, 0.15) is 0 Å². The number of methoxy groups -OCH3 is 1. The molecule has 2 aromatic carbocycles. The van der Waals surface area contributed by atoms with Gasteiger partial charge in [0, 0.05) is 17.5 Å². The van der Waals surface area contributed by atoms with Crippen LogP contribution in [-0.2, 0) is 10.2 Å². The van der Waals surface area contributed by atoms with Gasteiger partial charge < -0.3 is 9.84 Å². The molecule has 0 saturated heterocycles. The average Bonchev–Trinajstić information content (AvgIpc) is 3.49. The number of amides is 1. The molecule has 1 saturated carbocycles. The molecular weight excluding hydrogens is 386 g/mol. The Morgan fingerprint density at radius 3 is 2.53 bits per heavy atom. The van der Waals surface area contributed by atoms with Gasteiger partial charge in [0.2, 0.25) is 5.91 Å². The second-order valence-electron chi connectivity index (χ2n) is 8.40. The number of phenolic OH excluding ortho intramolecular Hbond substituents is 1. The molecule has 2 aromatic rings. The van der Waals surface area contributed by atoms with Gasteiger partial charge in [-0.05, 0) is 28.9 Å². The number of benzene rings is 2. The number of hydrogen-bond acceptors (Lipinski definition) is 6. The van der Waals surface area contributed by atoms with Crippen LogP contribution in [0.3, 0.4) is 0 Å². The van der Waals surface area contributed by atoms with E-state index in [2.05, 4.69) is 55.6 Å². The van der Waals surface area contributed by atoms with E-state index in [0.717, 1.165) is 30.3 Å². The quantitative estimate of drug-likeness (QED) is 0.426. The highest BCUT2D eigenvalue weighted by atomic mass is 16.6. The Morgan fingerprint density at radius 1 is 1.30 bits per heavy atom. The maximum atomic E-state index is 12.4. The molecule has 1 amide bonds. The number of hydrazone groups is 1. The number of nitrogens with one attached hydrogen (secondary N) is 1. The molecule has 1 fully saturated rings. The Bertz CT molecular complexity index is 993. The summed E-state index contributed by atoms with van der Waals surface area (Å²) in [6, 6.07) is 10.6. The molecule has 1 aliphatic rings. The molecule has 0 bridgehead atoms. The highest BCUT2D eigenvalue weighted by molar-refractivity contribution is 5.88. The van der Waals surface area contributed by atoms with Crippen molar-refractivity contribution in [2.24, 2.45) is 11.0 Å². The number of carbonyl (C=O) groups excluding carboxylic acids is 1. The minimum Gasteiger partial charge on any atom is -0.504 e. The summed E-state index contributed by atoms with van der Waals surface area (Å²) in [5.41, 5.74) is 4.71. The van der Waals surface area contributed by atoms with E-state index in [-0.39, 0.29) is 45.9 Å². The first-order chi connectivity index (χ1) is 14.1. The van der Waals surface area contributed by atoms with Crippen molar-refractivity contribution >= 4 is 17.8 Å². The zero-order chi connectivity index (χ0) is 22.1. The molecule has 0 spiro atoms. The monoisotopic (exact) mass is 411 g/mol. The van der Waals surface area contributed by atoms with Crippen molar-refractivity contribution < 1.29 is 19.6 Å². The van der Waals surface area contributed by atoms with E-state index in [1.54, 1.807) is 0 Å². The van der Waals surface area contributed by atoms with E-state index in [9.17, 15) is 20.0 Å². The first kappa shape index (κ1) is 21.3. The molecule has 0 aromatic heterocycles. The number of nitrogens with zero attached hydrogens (tertiary/aromatic N) is 2. The maximum absolute atomic E-state index is 12.4. The van der Waals surface area contributed by atoms with Gasteiger partial charge in [-0.15, -0.1) is 0 Å². The van der Waals surface area contributed by atoms with Gasteiger partial charge in [-0.2, -0.15) is 5.10 Å². The minimum absolute atomic E-state index is 0.0436. The summed E-state index contributed by atoms with van der Waals surface area (Å²) in [6.07, 6.45) is 1.91. The molecule has 1 aliphatic carbocycles. The number of carbonyl (C=O) groups is 1. The summed E-state index contributed by atoms with van der Waals surface area (Å²) in [6.45, 7) is 6.46. The number of rotatable bonds is 6. The van der Waals surface area contributed by atoms with Crippen LogP contribution >= 0.6 is 0 Å². The summed E-state index contributed by atoms with van der Waals surface area (Å²) in [7, 11) is 1.29. The molecule has 8 nitrogen and oxygen atoms in total. The largest absolute Gasteiger partial charge is 0.504 e. The van der Waals surface area contributed by atoms with Crippen molar-refractivity contribution in [3.63, 3.8) is 0 Å². The number of non-ortho nitro benzene ring substituents is 1. The Kier molecular flexibility index (Phi) is 5.78. The lowest BCUT2D eigenvalue weighted by molar-refractivity contribution is -0.385. The molecule has 2 N–H and O–H groups in total. The van der Waals surface area contributed by atoms with E-state index in [0.29, 0.717) is 0 Å². The van der Waals surface area contributed by atoms with Crippen LogP contribution in [-0.4, -0.2) is 29.3 Å². The van der Waals surface area contributed by atoms with Crippen LogP contribution in [0.1, 0.15) is 49.8 Å². The number of aromatic hydroxyl groups is 1. The number of nitro benzene ring substituents is 1. The van der Waals surface area contributed by atoms with Gasteiger partial charge in [0.25, 0.3) is 5.69 Å². The molecule has 0 unspecified atom stereocenters. The molecule has 0 heterocycles. The van der Waals surface area contributed by atoms with Crippen molar-refractivity contribution in [3.8, 4) is 11.5 Å². The fourth-order valence-corrected chi connectivity index (χ4v) is 3.31. The molecule has 0 radical (unpaired) electrons. The predicted octanol–water partition coefficient (Wildman–Crippen LogP) is 3.86. The van der Waals surface area contributed by atoms with Gasteiger partial charge in [0.05, 0.1) is 24.3 Å². The predicted molar refractivity (Wildman–Crippen MR) is 113 cm³/mol. The molecule has 3 rings (SSSR count). The normalized spacial score (nSPS) is 18.3. The fourth-order valence-electron chi connectivity index (χ4n) is 3.31. The van der Waals surface area contributed by atoms with Crippen molar-refractivity contribution in [3.05, 3.63) is 63.2 Å². The van der Waals surface area contributed by atoms with Crippen LogP contribution in [0.25, 0.3) is 0 Å². The highest BCUT2D eigenvalue weighted by Gasteiger charge is 2.44. The minimum atomic E-state index is -0.600. The third kappa shape index (κ3) is 4.59. The summed E-state index contributed by atoms with van der Waals surface area (Å²) in [4.78, 5) is 22.8. The van der Waals surface area contributed by atoms with Crippen LogP contribution in [0.15, 0.2) is 41.5 Å². The Balaban J connectivity index is 1.64. The highest BCUT2D eigenvalue weighted by Crippen LogP contribution is 2.47. The van der Waals surface area contributed by atoms with Crippen molar-refractivity contribution in [2.45, 2.75) is 38.5 Å². The van der Waals surface area contributed by atoms with E-state index in [1.807, 2.05) is 0 Å². The van der Waals surface area contributed by atoms with E-state index in [1.165, 1.54) is 12.7 Å². The van der Waals surface area contributed by atoms with Gasteiger partial charge in [-0.25, -0.2) is 5.43 Å². The second-order valence-corrected chi connectivity index (χ2v) is 8.40. The van der Waals surface area contributed by atoms with Crippen LogP contribution in [0.4, 0.5) is 5.69 Å². The van der Waals surface area contributed by atoms with E-state index >= 15 is 0 Å². The third-order valence-electron chi connectivity index (χ3n) is 5.23. The van der Waals surface area contributed by atoms with Crippen molar-refractivity contribution in [2.75, 3.05) is 7.11 Å². The number of nitro groups is 1. The standard InChI is InChI=1S/C22H25N3O5/c1-22(2,3)15-7-5-13(6-8-15)17-11-18(17)21(27)24-23-12-14-9-16(25(28)29)10-19(30-4)20(14)26/h5-10,12,17-18,26H,11H2,1-4H3,(H,24,27)/t17-,18-/m0/s1. The summed E-state index contributed by atoms with van der Waals surface area (Å²) in [5, 5.41) is 25.0. The Hall–Kier alpha value is -3.42. The topological polar surface area (TPSA) is 114 Å². The number of phenols is 1. The first-order valence-electron chi connectivity index (χ1n) is 9.60. The zero-order valence-electron chi connectivity index (χ0n) is 17.4. The van der Waals surface area contributed by atoms with Gasteiger partial charge in [0.15, 0.2) is 11.5 Å². The van der Waals surface area contributed by atoms with Gasteiger partial charge in [-0.1, -0.05) is 45.0 Å². The van der Waals surface area contributed by atoms with E-state index in [4.69, 9.17) is 4.74 Å². The Labute approximate surface area is 174 Å². The lowest BCUT2D eigenvalue weighted by Crippen LogP contribution is -2.20. The summed E-state index contributed by atoms with van der Waals surface area (Å²) < 4.78 is 4.94. The Morgan fingerprint density at radius 2 is 1.97 bits per heavy atom. The average molecular weight is 411 g/mol. The molecular formula is C22H25N3O5. The van der Waals surface area contributed by atoms with Crippen molar-refractivity contribution in [1.29, 1.82) is 0 Å². The maximum Gasteiger partial charge on any atom is 0.274 e. The van der Waals surface area contributed by atoms with E-state index < -0.39 is 4.92 Å². The zero-order valence-corrected chi connectivity index (χ0v) is 17.4. The number of hydrogen-bond donors (Lipinski definition) is 2. The lowest BCUT2D eigenvalue weighted by Gasteiger charge is -2.19. The summed E-state index contributed by atoms with van der Waals surface area (Å²) in [5.74, 6) is -0.577. The van der Waals surface area contributed by atoms with Crippen molar-refractivity contribution in [1.82, 2.24) is 5.43 Å². The van der Waals surface area contributed by atoms with Crippen LogP contribution < -0.4 is 10.2 Å². The lowest BCUT2D eigenvalue weighted by atomic mass is 9.86. The van der Waals surface area contributed by atoms with Crippen LogP contribution in [0.2, 0.25) is 0 Å². The first-order valence-corrected chi connectivity index (χ1v) is 9.60. The molecule has 158 valence electrons. The van der Waals surface area contributed by atoms with Crippen LogP contribution in [0.5, 0.6) is 11.5 Å². The number of ether oxygens (including phenoxy) is 1. The van der Waals surface area contributed by atoms with Crippen LogP contribution in [0, 0.1) is 16.0 Å². The molecule has 8 heteroatoms. The van der Waals surface area contributed by atoms with Gasteiger partial charge >= 0.3 is 0 Å². The fraction of sp³-hybridized carbons (Fsp3) is 0.364. The third-order valence-corrected chi connectivity index (χ3v) is 5.23. The smallest absolute Gasteiger partial charge is 0.274 e. The molecule has 30 heavy (non-hydrogen) atoms. The molecule has 0 aliphatic heterocycles. The molecule has 2 atom stereocenters. The SMILES string of the molecule is COc1cc([N+](=O)[O-])cc(C=NNC(=O)[C@H]2C[C@H]2c2ccc(C(C)(C)C)cc2)c1O. The van der Waals surface area contributed by atoms with Gasteiger partial charge in [-0.3, -0.25) is 14.9 Å².